The lowest BCUT2D eigenvalue weighted by molar-refractivity contribution is -0.152. The third-order valence-electron chi connectivity index (χ3n) is 7.64. The fourth-order valence-corrected chi connectivity index (χ4v) is 6.93. The lowest BCUT2D eigenvalue weighted by Gasteiger charge is -2.40. The van der Waals surface area contributed by atoms with Crippen LogP contribution in [0.1, 0.15) is 73.1 Å². The summed E-state index contributed by atoms with van der Waals surface area (Å²) in [5, 5.41) is 0. The molecule has 1 amide bonds. The van der Waals surface area contributed by atoms with Crippen molar-refractivity contribution in [3.05, 3.63) is 0 Å². The third-order valence-corrected chi connectivity index (χ3v) is 7.64. The van der Waals surface area contributed by atoms with Crippen molar-refractivity contribution in [2.45, 2.75) is 79.2 Å². The Morgan fingerprint density at radius 3 is 2.39 bits per heavy atom. The highest BCUT2D eigenvalue weighted by Gasteiger charge is 2.67. The van der Waals surface area contributed by atoms with Crippen LogP contribution in [0.2, 0.25) is 0 Å². The molecule has 0 radical (unpaired) electrons. The van der Waals surface area contributed by atoms with Crippen LogP contribution in [0.25, 0.3) is 0 Å². The van der Waals surface area contributed by atoms with Gasteiger partial charge in [-0.15, -0.1) is 0 Å². The number of ketones is 1. The summed E-state index contributed by atoms with van der Waals surface area (Å²) in [5.41, 5.74) is -0.423. The second-order valence-corrected chi connectivity index (χ2v) is 10.7. The summed E-state index contributed by atoms with van der Waals surface area (Å²) in [4.78, 5) is 28.7. The van der Waals surface area contributed by atoms with Crippen LogP contribution >= 0.6 is 0 Å². The Balaban J connectivity index is 1.65. The Bertz CT molecular complexity index is 592. The highest BCUT2D eigenvalue weighted by molar-refractivity contribution is 6.11. The highest BCUT2D eigenvalue weighted by Crippen LogP contribution is 2.62. The summed E-state index contributed by atoms with van der Waals surface area (Å²) in [6, 6.07) is 0.348. The fourth-order valence-electron chi connectivity index (χ4n) is 6.93. The monoisotopic (exact) mass is 317 g/mol. The average molecular weight is 317 g/mol. The molecule has 0 N–H and O–H groups in total. The van der Waals surface area contributed by atoms with E-state index in [1.165, 1.54) is 6.42 Å². The van der Waals surface area contributed by atoms with Crippen molar-refractivity contribution in [3.8, 4) is 0 Å². The van der Waals surface area contributed by atoms with E-state index in [2.05, 4.69) is 39.5 Å². The van der Waals surface area contributed by atoms with Crippen LogP contribution in [0.15, 0.2) is 0 Å². The number of carbonyl (C=O) groups excluding carboxylic acids is 2. The standard InChI is InChI=1S/C20H31NO2/c1-17(2)9-14-10-19(5,11-17)12-21(14)16(23)20-7-6-13(8-20)18(3,4)15(20)22/h13-14H,6-12H2,1-5H3. The molecule has 1 aliphatic heterocycles. The Labute approximate surface area is 140 Å². The molecule has 4 unspecified atom stereocenters. The molecule has 0 aromatic rings. The zero-order valence-electron chi connectivity index (χ0n) is 15.4. The minimum Gasteiger partial charge on any atom is -0.338 e. The van der Waals surface area contributed by atoms with Gasteiger partial charge in [-0.25, -0.2) is 0 Å². The zero-order valence-corrected chi connectivity index (χ0v) is 15.4. The van der Waals surface area contributed by atoms with Crippen molar-refractivity contribution >= 4 is 11.7 Å². The lowest BCUT2D eigenvalue weighted by Crippen LogP contribution is -2.50. The normalized spacial score (nSPS) is 46.5. The van der Waals surface area contributed by atoms with Gasteiger partial charge in [0.1, 0.15) is 5.41 Å². The third kappa shape index (κ3) is 1.94. The average Bonchev–Trinajstić information content (AvgIpc) is 3.01. The van der Waals surface area contributed by atoms with E-state index in [-0.39, 0.29) is 22.5 Å². The number of rotatable bonds is 1. The molecule has 4 bridgehead atoms. The molecule has 0 spiro atoms. The molecule has 0 aromatic carbocycles. The molecule has 0 aromatic heterocycles. The zero-order chi connectivity index (χ0) is 16.8. The molecule has 3 nitrogen and oxygen atoms in total. The second-order valence-electron chi connectivity index (χ2n) is 10.7. The smallest absolute Gasteiger partial charge is 0.236 e. The maximum absolute atomic E-state index is 13.5. The first-order valence-electron chi connectivity index (χ1n) is 9.35. The van der Waals surface area contributed by atoms with E-state index in [1.807, 2.05) is 0 Å². The summed E-state index contributed by atoms with van der Waals surface area (Å²) < 4.78 is 0. The quantitative estimate of drug-likeness (QED) is 0.690. The predicted molar refractivity (Wildman–Crippen MR) is 89.8 cm³/mol. The van der Waals surface area contributed by atoms with Gasteiger partial charge in [-0.05, 0) is 55.3 Å². The van der Waals surface area contributed by atoms with E-state index in [4.69, 9.17) is 0 Å². The van der Waals surface area contributed by atoms with Crippen LogP contribution < -0.4 is 0 Å². The van der Waals surface area contributed by atoms with Crippen LogP contribution in [0.4, 0.5) is 0 Å². The number of hydrogen-bond acceptors (Lipinski definition) is 2. The maximum Gasteiger partial charge on any atom is 0.236 e. The van der Waals surface area contributed by atoms with E-state index >= 15 is 0 Å². The number of likely N-dealkylation sites (tertiary alicyclic amines) is 1. The number of Topliss-reactive ketones (excluding diaryl/α,β-unsaturated/α-hetero) is 1. The molecule has 3 aliphatic carbocycles. The summed E-state index contributed by atoms with van der Waals surface area (Å²) in [5.74, 6) is 0.826. The molecule has 4 atom stereocenters. The van der Waals surface area contributed by atoms with Gasteiger partial charge >= 0.3 is 0 Å². The van der Waals surface area contributed by atoms with Gasteiger partial charge < -0.3 is 4.90 Å². The van der Waals surface area contributed by atoms with Crippen molar-refractivity contribution in [3.63, 3.8) is 0 Å². The van der Waals surface area contributed by atoms with Gasteiger partial charge in [-0.1, -0.05) is 34.6 Å². The van der Waals surface area contributed by atoms with Gasteiger partial charge in [0.25, 0.3) is 0 Å². The Hall–Kier alpha value is -0.860. The Kier molecular flexibility index (Phi) is 2.86. The van der Waals surface area contributed by atoms with Crippen molar-refractivity contribution in [1.82, 2.24) is 4.90 Å². The molecule has 4 aliphatic rings. The lowest BCUT2D eigenvalue weighted by atomic mass is 9.65. The topological polar surface area (TPSA) is 37.4 Å². The molecule has 1 heterocycles. The Morgan fingerprint density at radius 1 is 1.09 bits per heavy atom. The van der Waals surface area contributed by atoms with Crippen LogP contribution in [-0.4, -0.2) is 29.2 Å². The fraction of sp³-hybridized carbons (Fsp3) is 0.900. The van der Waals surface area contributed by atoms with Crippen molar-refractivity contribution < 1.29 is 9.59 Å². The first kappa shape index (κ1) is 15.7. The first-order valence-corrected chi connectivity index (χ1v) is 9.35. The molecule has 23 heavy (non-hydrogen) atoms. The van der Waals surface area contributed by atoms with Gasteiger partial charge in [0.15, 0.2) is 5.78 Å². The van der Waals surface area contributed by atoms with Crippen molar-refractivity contribution in [2.75, 3.05) is 6.54 Å². The van der Waals surface area contributed by atoms with Gasteiger partial charge in [0.2, 0.25) is 5.91 Å². The van der Waals surface area contributed by atoms with Gasteiger partial charge in [0, 0.05) is 18.0 Å². The predicted octanol–water partition coefficient (Wildman–Crippen LogP) is 3.81. The number of amides is 1. The Morgan fingerprint density at radius 2 is 1.78 bits per heavy atom. The molecule has 4 rings (SSSR count). The van der Waals surface area contributed by atoms with Crippen LogP contribution in [0.3, 0.4) is 0 Å². The van der Waals surface area contributed by atoms with Crippen molar-refractivity contribution in [1.29, 1.82) is 0 Å². The largest absolute Gasteiger partial charge is 0.338 e. The minimum absolute atomic E-state index is 0.182. The van der Waals surface area contributed by atoms with Gasteiger partial charge in [-0.2, -0.15) is 0 Å². The maximum atomic E-state index is 13.5. The number of carbonyl (C=O) groups is 2. The van der Waals surface area contributed by atoms with Crippen LogP contribution in [0, 0.1) is 27.6 Å². The molecule has 128 valence electrons. The number of fused-ring (bicyclic) bond motifs is 4. The molecular weight excluding hydrogens is 286 g/mol. The highest BCUT2D eigenvalue weighted by atomic mass is 16.2. The van der Waals surface area contributed by atoms with Crippen LogP contribution in [0.5, 0.6) is 0 Å². The second kappa shape index (κ2) is 4.21. The molecule has 3 heteroatoms. The molecule has 4 fully saturated rings. The number of hydrogen-bond donors (Lipinski definition) is 0. The molecular formula is C20H31NO2. The van der Waals surface area contributed by atoms with Gasteiger partial charge in [-0.3, -0.25) is 9.59 Å². The van der Waals surface area contributed by atoms with E-state index in [9.17, 15) is 9.59 Å². The summed E-state index contributed by atoms with van der Waals surface area (Å²) in [6.07, 6.45) is 6.05. The summed E-state index contributed by atoms with van der Waals surface area (Å²) in [6.45, 7) is 12.0. The van der Waals surface area contributed by atoms with Crippen molar-refractivity contribution in [2.24, 2.45) is 27.6 Å². The minimum atomic E-state index is -0.674. The van der Waals surface area contributed by atoms with Crippen LogP contribution in [-0.2, 0) is 9.59 Å². The summed E-state index contributed by atoms with van der Waals surface area (Å²) in [7, 11) is 0. The molecule has 1 saturated heterocycles. The summed E-state index contributed by atoms with van der Waals surface area (Å²) >= 11 is 0. The SMILES string of the molecule is CC1(C)CC2CC(C)(CN2C(=O)C23CCC(C2)C(C)(C)C3=O)C1. The number of nitrogens with zero attached hydrogens (tertiary/aromatic N) is 1. The van der Waals surface area contributed by atoms with E-state index in [0.717, 1.165) is 38.6 Å². The van der Waals surface area contributed by atoms with E-state index in [1.54, 1.807) is 0 Å². The van der Waals surface area contributed by atoms with Gasteiger partial charge in [0.05, 0.1) is 0 Å². The molecule has 3 saturated carbocycles. The van der Waals surface area contributed by atoms with E-state index in [0.29, 0.717) is 17.4 Å². The van der Waals surface area contributed by atoms with E-state index < -0.39 is 5.41 Å². The first-order chi connectivity index (χ1) is 10.5.